The molecule has 0 unspecified atom stereocenters. The van der Waals surface area contributed by atoms with Gasteiger partial charge in [-0.2, -0.15) is 0 Å². The monoisotopic (exact) mass is 225 g/mol. The van der Waals surface area contributed by atoms with Gasteiger partial charge in [0, 0.05) is 10.8 Å². The Morgan fingerprint density at radius 2 is 1.76 bits per heavy atom. The van der Waals surface area contributed by atoms with Gasteiger partial charge in [0.2, 0.25) is 0 Å². The summed E-state index contributed by atoms with van der Waals surface area (Å²) >= 11 is 0. The number of hydrogen-bond acceptors (Lipinski definition) is 1. The maximum absolute atomic E-state index is 7.88. The third-order valence-electron chi connectivity index (χ3n) is 3.17. The fourth-order valence-electron chi connectivity index (χ4n) is 2.12. The van der Waals surface area contributed by atoms with Gasteiger partial charge in [0.05, 0.1) is 1.37 Å². The minimum Gasteiger partial charge on any atom is -0.456 e. The highest BCUT2D eigenvalue weighted by Gasteiger charge is 2.15. The summed E-state index contributed by atoms with van der Waals surface area (Å²) in [4.78, 5) is 0. The molecule has 0 aliphatic rings. The van der Waals surface area contributed by atoms with Crippen LogP contribution in [-0.4, -0.2) is 0 Å². The molecule has 86 valence electrons. The molecule has 2 aromatic carbocycles. The predicted molar refractivity (Wildman–Crippen MR) is 72.4 cm³/mol. The maximum atomic E-state index is 7.88. The first kappa shape index (κ1) is 9.29. The number of fused-ring (bicyclic) bond motifs is 3. The Morgan fingerprint density at radius 3 is 2.53 bits per heavy atom. The van der Waals surface area contributed by atoms with Crippen molar-refractivity contribution in [2.45, 2.75) is 26.2 Å². The summed E-state index contributed by atoms with van der Waals surface area (Å²) in [7, 11) is 0. The molecule has 3 aromatic rings. The number of furan rings is 1. The van der Waals surface area contributed by atoms with Crippen molar-refractivity contribution in [2.75, 3.05) is 0 Å². The van der Waals surface area contributed by atoms with E-state index in [1.54, 1.807) is 6.07 Å². The first-order valence-corrected chi connectivity index (χ1v) is 5.89. The first-order chi connectivity index (χ1) is 8.47. The van der Waals surface area contributed by atoms with Crippen molar-refractivity contribution in [1.29, 1.82) is 0 Å². The lowest BCUT2D eigenvalue weighted by Gasteiger charge is -2.18. The molecule has 0 aliphatic heterocycles. The van der Waals surface area contributed by atoms with E-state index in [0.29, 0.717) is 11.6 Å². The molecule has 0 fully saturated rings. The van der Waals surface area contributed by atoms with Crippen LogP contribution in [0.2, 0.25) is 0 Å². The van der Waals surface area contributed by atoms with E-state index in [-0.39, 0.29) is 5.41 Å². The van der Waals surface area contributed by atoms with E-state index in [1.165, 1.54) is 5.56 Å². The highest BCUT2D eigenvalue weighted by molar-refractivity contribution is 6.04. The topological polar surface area (TPSA) is 13.1 Å². The van der Waals surface area contributed by atoms with Crippen LogP contribution in [0.4, 0.5) is 0 Å². The zero-order valence-corrected chi connectivity index (χ0v) is 10.4. The van der Waals surface area contributed by atoms with Crippen LogP contribution >= 0.6 is 0 Å². The van der Waals surface area contributed by atoms with E-state index in [0.717, 1.165) is 16.4 Å². The molecule has 0 saturated heterocycles. The van der Waals surface area contributed by atoms with Gasteiger partial charge in [-0.05, 0) is 23.1 Å². The van der Waals surface area contributed by atoms with E-state index in [1.807, 2.05) is 12.1 Å². The van der Waals surface area contributed by atoms with E-state index in [4.69, 9.17) is 5.79 Å². The minimum absolute atomic E-state index is 0.108. The van der Waals surface area contributed by atoms with Crippen LogP contribution in [0, 0.1) is 0 Å². The van der Waals surface area contributed by atoms with Gasteiger partial charge < -0.3 is 4.42 Å². The normalized spacial score (nSPS) is 13.2. The summed E-state index contributed by atoms with van der Waals surface area (Å²) < 4.78 is 13.7. The standard InChI is InChI=1S/C16H16O/c1-16(2,3)11-8-9-13-12-6-4-5-7-14(12)17-15(13)10-11/h4-10H,1-3H3/i7D. The van der Waals surface area contributed by atoms with Crippen molar-refractivity contribution in [3.05, 3.63) is 48.0 Å². The van der Waals surface area contributed by atoms with Gasteiger partial charge in [0.15, 0.2) is 0 Å². The van der Waals surface area contributed by atoms with Crippen LogP contribution in [0.5, 0.6) is 0 Å². The van der Waals surface area contributed by atoms with Gasteiger partial charge in [-0.1, -0.05) is 51.1 Å². The summed E-state index contributed by atoms with van der Waals surface area (Å²) in [6, 6.07) is 12.5. The second kappa shape index (κ2) is 3.36. The average Bonchev–Trinajstić information content (AvgIpc) is 2.67. The molecule has 0 aliphatic carbocycles. The molecule has 0 atom stereocenters. The Hall–Kier alpha value is -1.76. The van der Waals surface area contributed by atoms with E-state index in [9.17, 15) is 0 Å². The molecule has 1 nitrogen and oxygen atoms in total. The summed E-state index contributed by atoms with van der Waals surface area (Å²) in [6.45, 7) is 6.56. The molecular formula is C16H16O. The highest BCUT2D eigenvalue weighted by Crippen LogP contribution is 2.32. The lowest BCUT2D eigenvalue weighted by Crippen LogP contribution is -2.10. The largest absolute Gasteiger partial charge is 0.456 e. The molecule has 17 heavy (non-hydrogen) atoms. The van der Waals surface area contributed by atoms with E-state index >= 15 is 0 Å². The Kier molecular flexibility index (Phi) is 1.84. The molecule has 0 spiro atoms. The van der Waals surface area contributed by atoms with Crippen LogP contribution in [0.3, 0.4) is 0 Å². The number of hydrogen-bond donors (Lipinski definition) is 0. The maximum Gasteiger partial charge on any atom is 0.135 e. The summed E-state index contributed by atoms with van der Waals surface area (Å²) in [5.74, 6) is 0. The van der Waals surface area contributed by atoms with Crippen molar-refractivity contribution in [3.63, 3.8) is 0 Å². The molecule has 0 saturated carbocycles. The van der Waals surface area contributed by atoms with Gasteiger partial charge in [-0.3, -0.25) is 0 Å². The Balaban J connectivity index is 2.37. The lowest BCUT2D eigenvalue weighted by molar-refractivity contribution is 0.587. The van der Waals surface area contributed by atoms with E-state index in [2.05, 4.69) is 39.0 Å². The summed E-state index contributed by atoms with van der Waals surface area (Å²) in [6.07, 6.45) is 0. The Labute approximate surface area is 102 Å². The van der Waals surface area contributed by atoms with Crippen molar-refractivity contribution >= 4 is 21.9 Å². The summed E-state index contributed by atoms with van der Waals surface area (Å²) in [5, 5.41) is 2.12. The number of para-hydroxylation sites is 1. The molecule has 1 heterocycles. The van der Waals surface area contributed by atoms with Gasteiger partial charge >= 0.3 is 0 Å². The molecule has 1 aromatic heterocycles. The smallest absolute Gasteiger partial charge is 0.135 e. The number of rotatable bonds is 0. The highest BCUT2D eigenvalue weighted by atomic mass is 16.3. The number of benzene rings is 2. The minimum atomic E-state index is 0.108. The zero-order valence-electron chi connectivity index (χ0n) is 11.4. The van der Waals surface area contributed by atoms with Crippen molar-refractivity contribution in [2.24, 2.45) is 0 Å². The quantitative estimate of drug-likeness (QED) is 0.531. The fraction of sp³-hybridized carbons (Fsp3) is 0.250. The van der Waals surface area contributed by atoms with Crippen molar-refractivity contribution < 1.29 is 5.79 Å². The SMILES string of the molecule is [2H]c1cccc2c1oc1cc(C(C)(C)C)ccc12. The lowest BCUT2D eigenvalue weighted by atomic mass is 9.87. The Morgan fingerprint density at radius 1 is 1.00 bits per heavy atom. The van der Waals surface area contributed by atoms with Gasteiger partial charge in [-0.25, -0.2) is 0 Å². The first-order valence-electron chi connectivity index (χ1n) is 6.39. The molecule has 1 heteroatoms. The summed E-state index contributed by atoms with van der Waals surface area (Å²) in [5.41, 5.74) is 2.91. The van der Waals surface area contributed by atoms with Gasteiger partial charge in [0.1, 0.15) is 11.2 Å². The van der Waals surface area contributed by atoms with Crippen LogP contribution in [0.15, 0.2) is 46.9 Å². The van der Waals surface area contributed by atoms with Crippen molar-refractivity contribution in [1.82, 2.24) is 0 Å². The molecule has 0 amide bonds. The zero-order chi connectivity index (χ0) is 12.9. The Bertz CT molecular complexity index is 732. The van der Waals surface area contributed by atoms with Crippen molar-refractivity contribution in [3.8, 4) is 0 Å². The van der Waals surface area contributed by atoms with Crippen LogP contribution in [-0.2, 0) is 5.41 Å². The molecule has 0 bridgehead atoms. The molecular weight excluding hydrogens is 208 g/mol. The third-order valence-corrected chi connectivity index (χ3v) is 3.17. The van der Waals surface area contributed by atoms with E-state index < -0.39 is 0 Å². The average molecular weight is 225 g/mol. The predicted octanol–water partition coefficient (Wildman–Crippen LogP) is 4.88. The molecule has 0 radical (unpaired) electrons. The second-order valence-electron chi connectivity index (χ2n) is 5.48. The van der Waals surface area contributed by atoms with Crippen LogP contribution in [0.25, 0.3) is 21.9 Å². The molecule has 3 rings (SSSR count). The van der Waals surface area contributed by atoms with Gasteiger partial charge in [0.25, 0.3) is 0 Å². The van der Waals surface area contributed by atoms with Crippen LogP contribution in [0.1, 0.15) is 27.7 Å². The van der Waals surface area contributed by atoms with Gasteiger partial charge in [-0.15, -0.1) is 0 Å². The fourth-order valence-corrected chi connectivity index (χ4v) is 2.12. The second-order valence-corrected chi connectivity index (χ2v) is 5.48. The third kappa shape index (κ3) is 1.62. The van der Waals surface area contributed by atoms with Crippen LogP contribution < -0.4 is 0 Å². The molecule has 0 N–H and O–H groups in total.